The number of aromatic nitrogens is 1. The summed E-state index contributed by atoms with van der Waals surface area (Å²) >= 11 is 0. The van der Waals surface area contributed by atoms with Crippen LogP contribution in [-0.4, -0.2) is 29.7 Å². The Balaban J connectivity index is 1.82. The largest absolute Gasteiger partial charge is 0.369 e. The molecule has 2 aromatic rings. The van der Waals surface area contributed by atoms with Gasteiger partial charge < -0.3 is 4.90 Å². The Morgan fingerprint density at radius 3 is 2.73 bits per heavy atom. The van der Waals surface area contributed by atoms with E-state index in [0.29, 0.717) is 11.5 Å². The number of hydrogen-bond donors (Lipinski definition) is 1. The number of carbonyl (C=O) groups excluding carboxylic acids is 1. The molecule has 1 aliphatic heterocycles. The summed E-state index contributed by atoms with van der Waals surface area (Å²) in [5.74, 6) is 0.240. The second-order valence-electron chi connectivity index (χ2n) is 7.68. The Labute approximate surface area is 155 Å². The van der Waals surface area contributed by atoms with Gasteiger partial charge in [-0.3, -0.25) is 9.78 Å². The summed E-state index contributed by atoms with van der Waals surface area (Å²) in [6, 6.07) is 7.74. The van der Waals surface area contributed by atoms with Gasteiger partial charge in [-0.25, -0.2) is 5.43 Å². The Hall–Kier alpha value is -2.69. The van der Waals surface area contributed by atoms with Crippen LogP contribution in [0.5, 0.6) is 0 Å². The van der Waals surface area contributed by atoms with E-state index in [1.807, 2.05) is 0 Å². The summed E-state index contributed by atoms with van der Waals surface area (Å²) in [6.45, 7) is 8.92. The van der Waals surface area contributed by atoms with Crippen LogP contribution in [-0.2, 0) is 0 Å². The van der Waals surface area contributed by atoms with E-state index in [0.717, 1.165) is 17.5 Å². The zero-order valence-corrected chi connectivity index (χ0v) is 16.1. The van der Waals surface area contributed by atoms with Crippen molar-refractivity contribution in [1.29, 1.82) is 0 Å². The number of anilines is 1. The van der Waals surface area contributed by atoms with Crippen molar-refractivity contribution in [2.45, 2.75) is 45.6 Å². The zero-order valence-electron chi connectivity index (χ0n) is 16.1. The summed E-state index contributed by atoms with van der Waals surface area (Å²) in [5.41, 5.74) is 8.05. The highest BCUT2D eigenvalue weighted by Gasteiger charge is 2.34. The minimum atomic E-state index is -0.242. The summed E-state index contributed by atoms with van der Waals surface area (Å²) in [6.07, 6.45) is 6.01. The van der Waals surface area contributed by atoms with Crippen molar-refractivity contribution in [1.82, 2.24) is 10.4 Å². The number of hydrazone groups is 1. The molecule has 1 aromatic heterocycles. The number of rotatable bonds is 3. The van der Waals surface area contributed by atoms with Crippen LogP contribution in [0.15, 0.2) is 41.8 Å². The molecular formula is C21H26N4O. The summed E-state index contributed by atoms with van der Waals surface area (Å²) in [4.78, 5) is 18.3. The second kappa shape index (κ2) is 6.90. The number of aryl methyl sites for hydroxylation is 1. The Kier molecular flexibility index (Phi) is 4.81. The van der Waals surface area contributed by atoms with Crippen molar-refractivity contribution in [3.63, 3.8) is 0 Å². The van der Waals surface area contributed by atoms with Crippen molar-refractivity contribution in [2.75, 3.05) is 11.9 Å². The predicted octanol–water partition coefficient (Wildman–Crippen LogP) is 3.88. The van der Waals surface area contributed by atoms with Gasteiger partial charge in [0.15, 0.2) is 0 Å². The van der Waals surface area contributed by atoms with Crippen LogP contribution in [0.4, 0.5) is 5.69 Å². The normalized spacial score (nSPS) is 18.7. The smallest absolute Gasteiger partial charge is 0.271 e. The third-order valence-corrected chi connectivity index (χ3v) is 5.33. The molecule has 5 heteroatoms. The first-order valence-electron chi connectivity index (χ1n) is 8.91. The molecule has 0 radical (unpaired) electrons. The molecular weight excluding hydrogens is 324 g/mol. The van der Waals surface area contributed by atoms with E-state index < -0.39 is 0 Å². The Morgan fingerprint density at radius 1 is 1.35 bits per heavy atom. The fourth-order valence-corrected chi connectivity index (χ4v) is 3.60. The maximum atomic E-state index is 12.1. The lowest BCUT2D eigenvalue weighted by atomic mass is 9.79. The van der Waals surface area contributed by atoms with Gasteiger partial charge in [0.05, 0.1) is 6.21 Å². The van der Waals surface area contributed by atoms with Crippen molar-refractivity contribution in [3.05, 3.63) is 58.9 Å². The minimum absolute atomic E-state index is 0.146. The quantitative estimate of drug-likeness (QED) is 0.675. The van der Waals surface area contributed by atoms with Gasteiger partial charge in [-0.15, -0.1) is 0 Å². The van der Waals surface area contributed by atoms with Gasteiger partial charge in [-0.1, -0.05) is 6.92 Å². The number of carbonyl (C=O) groups is 1. The number of amides is 1. The second-order valence-corrected chi connectivity index (χ2v) is 7.68. The SMILES string of the molecule is Cc1cc2c(cc1/C=N/NC(=O)c1ccncc1)C(C)CC(C)(C)N2C. The van der Waals surface area contributed by atoms with Gasteiger partial charge >= 0.3 is 0 Å². The third kappa shape index (κ3) is 3.47. The molecule has 1 unspecified atom stereocenters. The highest BCUT2D eigenvalue weighted by atomic mass is 16.2. The molecule has 1 amide bonds. The molecule has 0 aliphatic carbocycles. The first kappa shape index (κ1) is 18.1. The van der Waals surface area contributed by atoms with E-state index in [4.69, 9.17) is 0 Å². The molecule has 0 saturated heterocycles. The molecule has 3 rings (SSSR count). The summed E-state index contributed by atoms with van der Waals surface area (Å²) in [7, 11) is 2.16. The molecule has 0 fully saturated rings. The average Bonchev–Trinajstić information content (AvgIpc) is 2.61. The molecule has 0 saturated carbocycles. The fourth-order valence-electron chi connectivity index (χ4n) is 3.60. The summed E-state index contributed by atoms with van der Waals surface area (Å²) < 4.78 is 0. The highest BCUT2D eigenvalue weighted by Crippen LogP contribution is 2.43. The van der Waals surface area contributed by atoms with Crippen molar-refractivity contribution >= 4 is 17.8 Å². The van der Waals surface area contributed by atoms with Gasteiger partial charge in [0, 0.05) is 36.2 Å². The number of benzene rings is 1. The molecule has 5 nitrogen and oxygen atoms in total. The number of pyridine rings is 1. The van der Waals surface area contributed by atoms with Crippen LogP contribution < -0.4 is 10.3 Å². The maximum Gasteiger partial charge on any atom is 0.271 e. The number of nitrogens with zero attached hydrogens (tertiary/aromatic N) is 3. The van der Waals surface area contributed by atoms with Gasteiger partial charge in [0.2, 0.25) is 0 Å². The lowest BCUT2D eigenvalue weighted by Gasteiger charge is -2.45. The van der Waals surface area contributed by atoms with E-state index >= 15 is 0 Å². The van der Waals surface area contributed by atoms with Crippen LogP contribution in [0.3, 0.4) is 0 Å². The van der Waals surface area contributed by atoms with Gasteiger partial charge in [0.1, 0.15) is 0 Å². The minimum Gasteiger partial charge on any atom is -0.369 e. The van der Waals surface area contributed by atoms with E-state index in [1.54, 1.807) is 30.7 Å². The van der Waals surface area contributed by atoms with Gasteiger partial charge in [0.25, 0.3) is 5.91 Å². The molecule has 1 N–H and O–H groups in total. The molecule has 136 valence electrons. The van der Waals surface area contributed by atoms with Gasteiger partial charge in [-0.05, 0) is 74.1 Å². The van der Waals surface area contributed by atoms with E-state index in [-0.39, 0.29) is 11.4 Å². The molecule has 26 heavy (non-hydrogen) atoms. The Morgan fingerprint density at radius 2 is 2.04 bits per heavy atom. The zero-order chi connectivity index (χ0) is 18.9. The van der Waals surface area contributed by atoms with E-state index in [1.165, 1.54) is 11.3 Å². The maximum absolute atomic E-state index is 12.1. The molecule has 1 aliphatic rings. The Bertz CT molecular complexity index is 843. The first-order valence-corrected chi connectivity index (χ1v) is 8.91. The predicted molar refractivity (Wildman–Crippen MR) is 106 cm³/mol. The van der Waals surface area contributed by atoms with Crippen molar-refractivity contribution in [2.24, 2.45) is 5.10 Å². The standard InChI is InChI=1S/C21H26N4O/c1-14-10-19-18(15(2)12-21(3,4)25(19)5)11-17(14)13-23-24-20(26)16-6-8-22-9-7-16/h6-11,13,15H,12H2,1-5H3,(H,24,26)/b23-13+. The van der Waals surface area contributed by atoms with E-state index in [9.17, 15) is 4.79 Å². The third-order valence-electron chi connectivity index (χ3n) is 5.33. The van der Waals surface area contributed by atoms with Crippen molar-refractivity contribution < 1.29 is 4.79 Å². The average molecular weight is 350 g/mol. The lowest BCUT2D eigenvalue weighted by Crippen LogP contribution is -2.45. The highest BCUT2D eigenvalue weighted by molar-refractivity contribution is 5.94. The first-order chi connectivity index (χ1) is 12.3. The monoisotopic (exact) mass is 350 g/mol. The van der Waals surface area contributed by atoms with Crippen molar-refractivity contribution in [3.8, 4) is 0 Å². The van der Waals surface area contributed by atoms with Crippen LogP contribution in [0, 0.1) is 6.92 Å². The molecule has 0 bridgehead atoms. The molecule has 2 heterocycles. The van der Waals surface area contributed by atoms with Crippen LogP contribution in [0.2, 0.25) is 0 Å². The molecule has 1 atom stereocenters. The topological polar surface area (TPSA) is 57.6 Å². The molecule has 0 spiro atoms. The van der Waals surface area contributed by atoms with Crippen LogP contribution in [0.1, 0.15) is 60.2 Å². The van der Waals surface area contributed by atoms with Gasteiger partial charge in [-0.2, -0.15) is 5.10 Å². The fraction of sp³-hybridized carbons (Fsp3) is 0.381. The van der Waals surface area contributed by atoms with Crippen LogP contribution >= 0.6 is 0 Å². The number of fused-ring (bicyclic) bond motifs is 1. The number of nitrogens with one attached hydrogen (secondary N) is 1. The molecule has 1 aromatic carbocycles. The lowest BCUT2D eigenvalue weighted by molar-refractivity contribution is 0.0955. The van der Waals surface area contributed by atoms with Crippen LogP contribution in [0.25, 0.3) is 0 Å². The summed E-state index contributed by atoms with van der Waals surface area (Å²) in [5, 5.41) is 4.14. The number of hydrogen-bond acceptors (Lipinski definition) is 4. The van der Waals surface area contributed by atoms with E-state index in [2.05, 4.69) is 67.3 Å².